The molecule has 2 rings (SSSR count). The molecule has 0 aliphatic heterocycles. The van der Waals surface area contributed by atoms with E-state index in [4.69, 9.17) is 9.15 Å². The zero-order valence-electron chi connectivity index (χ0n) is 15.1. The third-order valence-corrected chi connectivity index (χ3v) is 3.85. The average molecular weight is 360 g/mol. The first kappa shape index (κ1) is 19.5. The number of ether oxygens (including phenoxy) is 1. The molecule has 0 bridgehead atoms. The minimum Gasteiger partial charge on any atom is -0.550 e. The van der Waals surface area contributed by atoms with Gasteiger partial charge in [-0.1, -0.05) is 13.3 Å². The summed E-state index contributed by atoms with van der Waals surface area (Å²) in [6, 6.07) is 4.98. The van der Waals surface area contributed by atoms with Gasteiger partial charge in [0, 0.05) is 25.0 Å². The fraction of sp³-hybridized carbons (Fsp3) is 0.421. The molecule has 140 valence electrons. The van der Waals surface area contributed by atoms with Gasteiger partial charge in [0.05, 0.1) is 5.39 Å². The average Bonchev–Trinajstić information content (AvgIpc) is 2.53. The molecule has 1 N–H and O–H groups in total. The van der Waals surface area contributed by atoms with Gasteiger partial charge >= 0.3 is 5.63 Å². The van der Waals surface area contributed by atoms with Crippen LogP contribution >= 0.6 is 0 Å². The van der Waals surface area contributed by atoms with Crippen molar-refractivity contribution in [1.29, 1.82) is 0 Å². The van der Waals surface area contributed by atoms with Crippen LogP contribution in [-0.4, -0.2) is 24.5 Å². The van der Waals surface area contributed by atoms with Gasteiger partial charge < -0.3 is 24.4 Å². The van der Waals surface area contributed by atoms with E-state index in [9.17, 15) is 19.5 Å². The highest BCUT2D eigenvalue weighted by atomic mass is 16.5. The Balaban J connectivity index is 2.32. The van der Waals surface area contributed by atoms with Crippen LogP contribution < -0.4 is 20.8 Å². The minimum atomic E-state index is -1.23. The number of rotatable bonds is 8. The van der Waals surface area contributed by atoms with Crippen LogP contribution in [0.3, 0.4) is 0 Å². The molecule has 0 saturated heterocycles. The lowest BCUT2D eigenvalue weighted by atomic mass is 10.0. The number of carbonyl (C=O) groups is 2. The lowest BCUT2D eigenvalue weighted by Gasteiger charge is -2.18. The number of aryl methyl sites for hydroxylation is 2. The van der Waals surface area contributed by atoms with Gasteiger partial charge in [-0.3, -0.25) is 4.79 Å². The maximum Gasteiger partial charge on any atom is 0.336 e. The molecule has 7 heteroatoms. The second kappa shape index (κ2) is 8.51. The summed E-state index contributed by atoms with van der Waals surface area (Å²) in [7, 11) is 0. The molecule has 0 spiro atoms. The van der Waals surface area contributed by atoms with Gasteiger partial charge in [-0.15, -0.1) is 0 Å². The van der Waals surface area contributed by atoms with Crippen LogP contribution in [0.2, 0.25) is 0 Å². The molecule has 0 aliphatic carbocycles. The lowest BCUT2D eigenvalue weighted by molar-refractivity contribution is -0.305. The van der Waals surface area contributed by atoms with Gasteiger partial charge in [0.1, 0.15) is 11.3 Å². The molecule has 0 saturated carbocycles. The van der Waals surface area contributed by atoms with E-state index in [1.807, 2.05) is 13.8 Å². The largest absolute Gasteiger partial charge is 0.550 e. The van der Waals surface area contributed by atoms with E-state index in [-0.39, 0.29) is 13.0 Å². The normalized spacial score (nSPS) is 12.0. The maximum absolute atomic E-state index is 12.1. The molecule has 1 aromatic heterocycles. The standard InChI is InChI=1S/C19H23NO6/c1-4-5-13-10-17(23)26-15-9-11(2)8-14(18(13)15)25-12(3)19(24)20-7-6-16(21)22/h8-10,12H,4-7H2,1-3H3,(H,20,24)(H,21,22)/p-1/t12-/m0/s1. The van der Waals surface area contributed by atoms with Gasteiger partial charge in [-0.05, 0) is 43.5 Å². The lowest BCUT2D eigenvalue weighted by Crippen LogP contribution is -2.38. The van der Waals surface area contributed by atoms with Crippen molar-refractivity contribution in [1.82, 2.24) is 5.32 Å². The van der Waals surface area contributed by atoms with Crippen LogP contribution in [0.4, 0.5) is 0 Å². The maximum atomic E-state index is 12.1. The zero-order valence-corrected chi connectivity index (χ0v) is 15.1. The third-order valence-electron chi connectivity index (χ3n) is 3.85. The van der Waals surface area contributed by atoms with E-state index in [2.05, 4.69) is 5.32 Å². The summed E-state index contributed by atoms with van der Waals surface area (Å²) in [4.78, 5) is 34.3. The van der Waals surface area contributed by atoms with E-state index >= 15 is 0 Å². The second-order valence-electron chi connectivity index (χ2n) is 6.15. The summed E-state index contributed by atoms with van der Waals surface area (Å²) in [5.74, 6) is -1.21. The molecule has 0 fully saturated rings. The van der Waals surface area contributed by atoms with Gasteiger partial charge in [-0.2, -0.15) is 0 Å². The van der Waals surface area contributed by atoms with Crippen molar-refractivity contribution in [3.63, 3.8) is 0 Å². The first-order valence-corrected chi connectivity index (χ1v) is 8.53. The summed E-state index contributed by atoms with van der Waals surface area (Å²) < 4.78 is 11.1. The van der Waals surface area contributed by atoms with Crippen molar-refractivity contribution in [3.05, 3.63) is 39.7 Å². The van der Waals surface area contributed by atoms with Crippen molar-refractivity contribution < 1.29 is 23.8 Å². The van der Waals surface area contributed by atoms with Crippen molar-refractivity contribution in [2.24, 2.45) is 0 Å². The Kier molecular flexibility index (Phi) is 6.38. The molecule has 2 aromatic rings. The Hall–Kier alpha value is -2.83. The van der Waals surface area contributed by atoms with Crippen LogP contribution in [0.5, 0.6) is 5.75 Å². The highest BCUT2D eigenvalue weighted by Gasteiger charge is 2.18. The van der Waals surface area contributed by atoms with Crippen molar-refractivity contribution >= 4 is 22.8 Å². The number of hydrogen-bond donors (Lipinski definition) is 1. The third kappa shape index (κ3) is 4.84. The van der Waals surface area contributed by atoms with Crippen molar-refractivity contribution in [2.45, 2.75) is 46.1 Å². The van der Waals surface area contributed by atoms with E-state index in [1.54, 1.807) is 19.1 Å². The summed E-state index contributed by atoms with van der Waals surface area (Å²) in [5, 5.41) is 13.6. The molecule has 1 amide bonds. The van der Waals surface area contributed by atoms with Gasteiger partial charge in [-0.25, -0.2) is 4.79 Å². The van der Waals surface area contributed by atoms with Gasteiger partial charge in [0.2, 0.25) is 0 Å². The fourth-order valence-electron chi connectivity index (χ4n) is 2.71. The topological polar surface area (TPSA) is 109 Å². The summed E-state index contributed by atoms with van der Waals surface area (Å²) in [6.07, 6.45) is 0.402. The zero-order chi connectivity index (χ0) is 19.3. The predicted octanol–water partition coefficient (Wildman–Crippen LogP) is 1.08. The first-order valence-electron chi connectivity index (χ1n) is 8.53. The molecular formula is C19H22NO6-. The van der Waals surface area contributed by atoms with E-state index < -0.39 is 23.6 Å². The second-order valence-corrected chi connectivity index (χ2v) is 6.15. The van der Waals surface area contributed by atoms with Crippen LogP contribution in [-0.2, 0) is 16.0 Å². The molecule has 7 nitrogen and oxygen atoms in total. The van der Waals surface area contributed by atoms with Crippen LogP contribution in [0.1, 0.15) is 37.8 Å². The van der Waals surface area contributed by atoms with Crippen LogP contribution in [0.15, 0.2) is 27.4 Å². The number of amides is 1. The van der Waals surface area contributed by atoms with Gasteiger partial charge in [0.15, 0.2) is 6.10 Å². The quantitative estimate of drug-likeness (QED) is 0.706. The van der Waals surface area contributed by atoms with Gasteiger partial charge in [0.25, 0.3) is 5.91 Å². The minimum absolute atomic E-state index is 0.0284. The number of nitrogens with one attached hydrogen (secondary N) is 1. The summed E-state index contributed by atoms with van der Waals surface area (Å²) in [5.41, 5.74) is 1.62. The van der Waals surface area contributed by atoms with E-state index in [0.29, 0.717) is 23.1 Å². The molecule has 1 aromatic carbocycles. The van der Waals surface area contributed by atoms with Crippen LogP contribution in [0.25, 0.3) is 11.0 Å². The number of hydrogen-bond acceptors (Lipinski definition) is 6. The molecular weight excluding hydrogens is 338 g/mol. The molecule has 26 heavy (non-hydrogen) atoms. The van der Waals surface area contributed by atoms with Crippen molar-refractivity contribution in [3.8, 4) is 5.75 Å². The molecule has 1 heterocycles. The van der Waals surface area contributed by atoms with Crippen molar-refractivity contribution in [2.75, 3.05) is 6.54 Å². The highest BCUT2D eigenvalue weighted by molar-refractivity contribution is 5.88. The van der Waals surface area contributed by atoms with Crippen LogP contribution in [0, 0.1) is 6.92 Å². The number of carboxylic acid groups (broad SMARTS) is 1. The van der Waals surface area contributed by atoms with E-state index in [1.165, 1.54) is 6.07 Å². The number of fused-ring (bicyclic) bond motifs is 1. The monoisotopic (exact) mass is 360 g/mol. The fourth-order valence-corrected chi connectivity index (χ4v) is 2.71. The Bertz CT molecular complexity index is 870. The molecule has 1 atom stereocenters. The Morgan fingerprint density at radius 1 is 1.31 bits per heavy atom. The van der Waals surface area contributed by atoms with E-state index in [0.717, 1.165) is 17.5 Å². The number of benzene rings is 1. The Morgan fingerprint density at radius 2 is 2.04 bits per heavy atom. The summed E-state index contributed by atoms with van der Waals surface area (Å²) in [6.45, 7) is 5.38. The predicted molar refractivity (Wildman–Crippen MR) is 93.9 cm³/mol. The Morgan fingerprint density at radius 3 is 2.69 bits per heavy atom. The Labute approximate surface area is 151 Å². The number of carbonyl (C=O) groups excluding carboxylic acids is 2. The SMILES string of the molecule is CCCc1cc(=O)oc2cc(C)cc(O[C@@H](C)C(=O)NCCC(=O)[O-])c12. The molecule has 0 radical (unpaired) electrons. The summed E-state index contributed by atoms with van der Waals surface area (Å²) >= 11 is 0. The number of carboxylic acids is 1. The highest BCUT2D eigenvalue weighted by Crippen LogP contribution is 2.31. The number of aliphatic carboxylic acids is 1. The molecule has 0 aliphatic rings. The molecule has 0 unspecified atom stereocenters. The smallest absolute Gasteiger partial charge is 0.336 e. The first-order chi connectivity index (χ1) is 12.3.